The van der Waals surface area contributed by atoms with Gasteiger partial charge in [0.15, 0.2) is 0 Å². The van der Waals surface area contributed by atoms with E-state index in [1.807, 2.05) is 0 Å². The molecule has 0 aromatic heterocycles. The maximum absolute atomic E-state index is 9.50. The lowest BCUT2D eigenvalue weighted by atomic mass is 9.91. The summed E-state index contributed by atoms with van der Waals surface area (Å²) in [5.74, 6) is 0. The van der Waals surface area contributed by atoms with E-state index in [-0.39, 0.29) is 5.54 Å². The van der Waals surface area contributed by atoms with Crippen molar-refractivity contribution >= 4 is 0 Å². The molecular weight excluding hydrogens is 250 g/mol. The molecule has 118 valence electrons. The van der Waals surface area contributed by atoms with Crippen LogP contribution in [0, 0.1) is 11.3 Å². The summed E-state index contributed by atoms with van der Waals surface area (Å²) in [4.78, 5) is 2.41. The lowest BCUT2D eigenvalue weighted by Crippen LogP contribution is -2.47. The first-order valence-electron chi connectivity index (χ1n) is 7.82. The molecule has 0 saturated heterocycles. The monoisotopic (exact) mass is 283 g/mol. The number of nitriles is 1. The van der Waals surface area contributed by atoms with E-state index in [4.69, 9.17) is 4.74 Å². The third kappa shape index (κ3) is 7.23. The van der Waals surface area contributed by atoms with Crippen molar-refractivity contribution in [3.63, 3.8) is 0 Å². The molecule has 0 aromatic carbocycles. The van der Waals surface area contributed by atoms with E-state index in [1.165, 1.54) is 0 Å². The molecule has 0 aliphatic carbocycles. The lowest BCUT2D eigenvalue weighted by Gasteiger charge is -2.31. The van der Waals surface area contributed by atoms with Crippen molar-refractivity contribution < 1.29 is 4.74 Å². The van der Waals surface area contributed by atoms with E-state index < -0.39 is 0 Å². The van der Waals surface area contributed by atoms with Gasteiger partial charge >= 0.3 is 0 Å². The van der Waals surface area contributed by atoms with Crippen molar-refractivity contribution in [1.29, 1.82) is 5.26 Å². The van der Waals surface area contributed by atoms with Crippen molar-refractivity contribution in [2.24, 2.45) is 0 Å². The van der Waals surface area contributed by atoms with Crippen LogP contribution in [0.3, 0.4) is 0 Å². The summed E-state index contributed by atoms with van der Waals surface area (Å²) in [6.07, 6.45) is 2.78. The van der Waals surface area contributed by atoms with E-state index in [0.717, 1.165) is 39.0 Å². The van der Waals surface area contributed by atoms with Gasteiger partial charge in [0.2, 0.25) is 0 Å². The summed E-state index contributed by atoms with van der Waals surface area (Å²) in [6, 6.07) is 3.34. The second-order valence-corrected chi connectivity index (χ2v) is 6.07. The zero-order chi connectivity index (χ0) is 15.6. The van der Waals surface area contributed by atoms with Crippen molar-refractivity contribution in [3.05, 3.63) is 0 Å². The predicted octanol–water partition coefficient (Wildman–Crippen LogP) is 2.79. The maximum atomic E-state index is 9.50. The van der Waals surface area contributed by atoms with E-state index in [9.17, 15) is 5.26 Å². The SMILES string of the molecule is CCC(C#N)(CCCN(CCOC)C(C)C)NC(C)C. The van der Waals surface area contributed by atoms with Crippen LogP contribution in [0.1, 0.15) is 53.9 Å². The topological polar surface area (TPSA) is 48.3 Å². The average Bonchev–Trinajstić information content (AvgIpc) is 2.40. The summed E-state index contributed by atoms with van der Waals surface area (Å²) < 4.78 is 5.16. The Kier molecular flexibility index (Phi) is 9.83. The Morgan fingerprint density at radius 1 is 1.25 bits per heavy atom. The van der Waals surface area contributed by atoms with Gasteiger partial charge in [0.05, 0.1) is 12.7 Å². The van der Waals surface area contributed by atoms with Crippen LogP contribution in [0.4, 0.5) is 0 Å². The van der Waals surface area contributed by atoms with Crippen molar-refractivity contribution in [2.45, 2.75) is 71.5 Å². The molecule has 0 radical (unpaired) electrons. The Balaban J connectivity index is 4.37. The molecule has 0 rings (SSSR count). The van der Waals surface area contributed by atoms with Gasteiger partial charge in [-0.1, -0.05) is 6.92 Å². The Hall–Kier alpha value is -0.630. The summed E-state index contributed by atoms with van der Waals surface area (Å²) >= 11 is 0. The lowest BCUT2D eigenvalue weighted by molar-refractivity contribution is 0.126. The summed E-state index contributed by atoms with van der Waals surface area (Å²) in [5, 5.41) is 12.9. The molecule has 0 amide bonds. The molecule has 1 N–H and O–H groups in total. The standard InChI is InChI=1S/C16H33N3O/c1-7-16(13-17,18-14(2)3)9-8-10-19(15(4)5)11-12-20-6/h14-15,18H,7-12H2,1-6H3. The van der Waals surface area contributed by atoms with Crippen LogP contribution in [0.2, 0.25) is 0 Å². The van der Waals surface area contributed by atoms with Crippen LogP contribution >= 0.6 is 0 Å². The molecule has 0 heterocycles. The van der Waals surface area contributed by atoms with Crippen molar-refractivity contribution in [2.75, 3.05) is 26.8 Å². The van der Waals surface area contributed by atoms with Crippen molar-refractivity contribution in [1.82, 2.24) is 10.2 Å². The molecule has 1 unspecified atom stereocenters. The number of hydrogen-bond donors (Lipinski definition) is 1. The highest BCUT2D eigenvalue weighted by atomic mass is 16.5. The first-order chi connectivity index (χ1) is 9.40. The van der Waals surface area contributed by atoms with Gasteiger partial charge in [0.1, 0.15) is 5.54 Å². The highest BCUT2D eigenvalue weighted by molar-refractivity contribution is 5.06. The number of hydrogen-bond acceptors (Lipinski definition) is 4. The van der Waals surface area contributed by atoms with E-state index >= 15 is 0 Å². The minimum Gasteiger partial charge on any atom is -0.383 e. The molecule has 0 saturated carbocycles. The highest BCUT2D eigenvalue weighted by Crippen LogP contribution is 2.18. The molecule has 1 atom stereocenters. The molecule has 4 heteroatoms. The van der Waals surface area contributed by atoms with Crippen molar-refractivity contribution in [3.8, 4) is 6.07 Å². The number of nitrogens with zero attached hydrogens (tertiary/aromatic N) is 2. The van der Waals surface area contributed by atoms with Gasteiger partial charge in [-0.2, -0.15) is 5.26 Å². The molecule has 0 spiro atoms. The molecular formula is C16H33N3O. The molecule has 20 heavy (non-hydrogen) atoms. The fraction of sp³-hybridized carbons (Fsp3) is 0.938. The molecule has 4 nitrogen and oxygen atoms in total. The minimum atomic E-state index is -0.377. The van der Waals surface area contributed by atoms with Gasteiger partial charge in [0, 0.05) is 25.7 Å². The van der Waals surface area contributed by atoms with Gasteiger partial charge in [-0.25, -0.2) is 0 Å². The largest absolute Gasteiger partial charge is 0.383 e. The third-order valence-electron chi connectivity index (χ3n) is 3.74. The Bertz CT molecular complexity index is 286. The predicted molar refractivity (Wildman–Crippen MR) is 84.7 cm³/mol. The molecule has 0 aliphatic rings. The molecule has 0 bridgehead atoms. The Morgan fingerprint density at radius 2 is 1.90 bits per heavy atom. The number of ether oxygens (including phenoxy) is 1. The molecule has 0 fully saturated rings. The third-order valence-corrected chi connectivity index (χ3v) is 3.74. The highest BCUT2D eigenvalue weighted by Gasteiger charge is 2.28. The van der Waals surface area contributed by atoms with Crippen LogP contribution in [0.25, 0.3) is 0 Å². The zero-order valence-electron chi connectivity index (χ0n) is 14.2. The number of rotatable bonds is 11. The van der Waals surface area contributed by atoms with Crippen LogP contribution in [0.15, 0.2) is 0 Å². The first-order valence-corrected chi connectivity index (χ1v) is 7.82. The van der Waals surface area contributed by atoms with E-state index in [1.54, 1.807) is 7.11 Å². The summed E-state index contributed by atoms with van der Waals surface area (Å²) in [6.45, 7) is 13.4. The first kappa shape index (κ1) is 19.4. The second kappa shape index (κ2) is 10.1. The van der Waals surface area contributed by atoms with E-state index in [2.05, 4.69) is 50.9 Å². The number of nitrogens with one attached hydrogen (secondary N) is 1. The molecule has 0 aromatic rings. The summed E-state index contributed by atoms with van der Waals surface area (Å²) in [5.41, 5.74) is -0.377. The van der Waals surface area contributed by atoms with Crippen LogP contribution in [-0.4, -0.2) is 49.3 Å². The molecule has 0 aliphatic heterocycles. The Labute approximate surface area is 125 Å². The fourth-order valence-corrected chi connectivity index (χ4v) is 2.49. The maximum Gasteiger partial charge on any atom is 0.106 e. The summed E-state index contributed by atoms with van der Waals surface area (Å²) in [7, 11) is 1.74. The van der Waals surface area contributed by atoms with Gasteiger partial charge in [0.25, 0.3) is 0 Å². The quantitative estimate of drug-likeness (QED) is 0.633. The van der Waals surface area contributed by atoms with Gasteiger partial charge in [-0.3, -0.25) is 10.2 Å². The van der Waals surface area contributed by atoms with Gasteiger partial charge < -0.3 is 4.74 Å². The Morgan fingerprint density at radius 3 is 2.30 bits per heavy atom. The average molecular weight is 283 g/mol. The smallest absolute Gasteiger partial charge is 0.106 e. The normalized spacial score (nSPS) is 14.8. The zero-order valence-corrected chi connectivity index (χ0v) is 14.2. The second-order valence-electron chi connectivity index (χ2n) is 6.07. The van der Waals surface area contributed by atoms with E-state index in [0.29, 0.717) is 12.1 Å². The fourth-order valence-electron chi connectivity index (χ4n) is 2.49. The van der Waals surface area contributed by atoms with Crippen LogP contribution in [0.5, 0.6) is 0 Å². The van der Waals surface area contributed by atoms with Gasteiger partial charge in [-0.05, 0) is 53.5 Å². The minimum absolute atomic E-state index is 0.337. The number of methoxy groups -OCH3 is 1. The van der Waals surface area contributed by atoms with Gasteiger partial charge in [-0.15, -0.1) is 0 Å². The van der Waals surface area contributed by atoms with Crippen LogP contribution < -0.4 is 5.32 Å². The van der Waals surface area contributed by atoms with Crippen LogP contribution in [-0.2, 0) is 4.74 Å².